The van der Waals surface area contributed by atoms with Crippen LogP contribution in [0.5, 0.6) is 0 Å². The van der Waals surface area contributed by atoms with E-state index < -0.39 is 83.7 Å². The number of amides is 6. The van der Waals surface area contributed by atoms with E-state index in [9.17, 15) is 38.7 Å². The van der Waals surface area contributed by atoms with Crippen molar-refractivity contribution in [3.8, 4) is 0 Å². The number of guanidine groups is 3. The van der Waals surface area contributed by atoms with E-state index in [1.165, 1.54) is 4.90 Å². The summed E-state index contributed by atoms with van der Waals surface area (Å²) >= 11 is 0. The van der Waals surface area contributed by atoms with Gasteiger partial charge in [0.25, 0.3) is 0 Å². The number of nitrogens with two attached hydrogens (primary N) is 7. The fourth-order valence-corrected chi connectivity index (χ4v) is 7.66. The lowest BCUT2D eigenvalue weighted by Gasteiger charge is -2.29. The molecule has 7 atom stereocenters. The fourth-order valence-electron chi connectivity index (χ4n) is 7.66. The van der Waals surface area contributed by atoms with Crippen molar-refractivity contribution in [1.29, 1.82) is 0 Å². The number of nitrogens with one attached hydrogen (secondary N) is 5. The summed E-state index contributed by atoms with van der Waals surface area (Å²) in [5, 5.41) is 23.6. The van der Waals surface area contributed by atoms with Gasteiger partial charge in [0.2, 0.25) is 35.4 Å². The number of aliphatic carboxylic acids is 1. The molecule has 0 aromatic heterocycles. The van der Waals surface area contributed by atoms with Crippen LogP contribution in [0.3, 0.4) is 0 Å². The van der Waals surface area contributed by atoms with Crippen LogP contribution in [0.4, 0.5) is 0 Å². The molecule has 1 aliphatic heterocycles. The minimum Gasteiger partial charge on any atom is -0.480 e. The van der Waals surface area contributed by atoms with Crippen molar-refractivity contribution >= 4 is 59.3 Å². The van der Waals surface area contributed by atoms with Gasteiger partial charge in [0.1, 0.15) is 36.3 Å². The lowest BCUT2D eigenvalue weighted by atomic mass is 10.0. The van der Waals surface area contributed by atoms with Gasteiger partial charge in [-0.2, -0.15) is 0 Å². The van der Waals surface area contributed by atoms with Crippen LogP contribution >= 0.6 is 0 Å². The van der Waals surface area contributed by atoms with Crippen molar-refractivity contribution in [3.05, 3.63) is 35.9 Å². The highest BCUT2D eigenvalue weighted by Gasteiger charge is 2.38. The van der Waals surface area contributed by atoms with Crippen LogP contribution in [-0.2, 0) is 40.0 Å². The zero-order chi connectivity index (χ0) is 51.3. The number of unbranched alkanes of at least 4 members (excludes halogenated alkanes) is 3. The number of hydrogen-bond acceptors (Lipinski definition) is 11. The highest BCUT2D eigenvalue weighted by molar-refractivity contribution is 5.97. The summed E-state index contributed by atoms with van der Waals surface area (Å²) in [4.78, 5) is 109. The smallest absolute Gasteiger partial charge is 0.326 e. The summed E-state index contributed by atoms with van der Waals surface area (Å²) in [5.41, 5.74) is 39.8. The molecule has 2 rings (SSSR count). The van der Waals surface area contributed by atoms with Gasteiger partial charge in [-0.15, -0.1) is 0 Å². The van der Waals surface area contributed by atoms with Crippen molar-refractivity contribution in [2.45, 2.75) is 159 Å². The average Bonchev–Trinajstić information content (AvgIpc) is 3.80. The molecule has 24 heteroatoms. The van der Waals surface area contributed by atoms with Gasteiger partial charge in [0, 0.05) is 32.6 Å². The Morgan fingerprint density at radius 2 is 1.01 bits per heavy atom. The normalized spacial score (nSPS) is 15.7. The monoisotopic (exact) mass is 971 g/mol. The number of likely N-dealkylation sites (tertiary alicyclic amines) is 1. The van der Waals surface area contributed by atoms with Crippen LogP contribution in [0.25, 0.3) is 0 Å². The van der Waals surface area contributed by atoms with Gasteiger partial charge in [-0.3, -0.25) is 43.7 Å². The second kappa shape index (κ2) is 32.1. The van der Waals surface area contributed by atoms with Crippen molar-refractivity contribution in [1.82, 2.24) is 31.5 Å². The molecule has 0 radical (unpaired) electrons. The Hall–Kier alpha value is -6.72. The third-order valence-corrected chi connectivity index (χ3v) is 11.4. The predicted molar refractivity (Wildman–Crippen MR) is 264 cm³/mol. The van der Waals surface area contributed by atoms with Gasteiger partial charge < -0.3 is 76.7 Å². The van der Waals surface area contributed by atoms with E-state index in [1.807, 2.05) is 13.8 Å². The largest absolute Gasteiger partial charge is 0.480 e. The van der Waals surface area contributed by atoms with E-state index in [0.717, 1.165) is 6.42 Å². The Labute approximate surface area is 404 Å². The van der Waals surface area contributed by atoms with E-state index in [4.69, 9.17) is 40.1 Å². The van der Waals surface area contributed by atoms with E-state index in [0.29, 0.717) is 50.5 Å². The van der Waals surface area contributed by atoms with Gasteiger partial charge in [0.15, 0.2) is 17.9 Å². The maximum absolute atomic E-state index is 14.3. The molecule has 1 aromatic carbocycles. The molecular formula is C45H78N16O8. The SMILES string of the molecule is CCCCC[C@@H](NC(=O)[C@@H](CCCN=C(N)N)NC(=O)[C@H]1CCCN1C(=O)[C@H](N)CCCN=C(N)N)C(=O)N[C@H](CCCN=C(N)N)C(=O)N[C@H](CCCC)C(=O)N[C@H](Cc1ccccc1)C(=O)O. The Kier molecular flexibility index (Phi) is 27.2. The summed E-state index contributed by atoms with van der Waals surface area (Å²) in [6.45, 7) is 4.65. The molecule has 1 aromatic rings. The molecular weight excluding hydrogens is 893 g/mol. The molecule has 69 heavy (non-hydrogen) atoms. The van der Waals surface area contributed by atoms with E-state index in [1.54, 1.807) is 30.3 Å². The number of carboxylic acid groups (broad SMARTS) is 1. The summed E-state index contributed by atoms with van der Waals surface area (Å²) in [5.74, 6) is -5.55. The first-order chi connectivity index (χ1) is 32.9. The van der Waals surface area contributed by atoms with Crippen molar-refractivity contribution in [3.63, 3.8) is 0 Å². The first kappa shape index (κ1) is 58.4. The molecule has 0 unspecified atom stereocenters. The van der Waals surface area contributed by atoms with Crippen LogP contribution in [0, 0.1) is 0 Å². The van der Waals surface area contributed by atoms with E-state index in [2.05, 4.69) is 41.6 Å². The first-order valence-corrected chi connectivity index (χ1v) is 23.9. The average molecular weight is 971 g/mol. The predicted octanol–water partition coefficient (Wildman–Crippen LogP) is -2.01. The quantitative estimate of drug-likeness (QED) is 0.0206. The van der Waals surface area contributed by atoms with Crippen LogP contribution in [0.1, 0.15) is 116 Å². The third-order valence-electron chi connectivity index (χ3n) is 11.4. The summed E-state index contributed by atoms with van der Waals surface area (Å²) in [7, 11) is 0. The highest BCUT2D eigenvalue weighted by Crippen LogP contribution is 2.20. The zero-order valence-electron chi connectivity index (χ0n) is 40.2. The van der Waals surface area contributed by atoms with Crippen molar-refractivity contribution in [2.75, 3.05) is 26.2 Å². The molecule has 1 saturated heterocycles. The Morgan fingerprint density at radius 1 is 0.594 bits per heavy atom. The summed E-state index contributed by atoms with van der Waals surface area (Å²) in [6, 6.07) is 0.843. The molecule has 0 spiro atoms. The molecule has 0 bridgehead atoms. The van der Waals surface area contributed by atoms with E-state index in [-0.39, 0.29) is 95.4 Å². The highest BCUT2D eigenvalue weighted by atomic mass is 16.4. The molecule has 386 valence electrons. The van der Waals surface area contributed by atoms with Gasteiger partial charge in [-0.05, 0) is 69.8 Å². The Morgan fingerprint density at radius 3 is 1.46 bits per heavy atom. The molecule has 6 amide bonds. The number of carboxylic acids is 1. The zero-order valence-corrected chi connectivity index (χ0v) is 40.2. The molecule has 20 N–H and O–H groups in total. The van der Waals surface area contributed by atoms with Gasteiger partial charge in [0.05, 0.1) is 6.04 Å². The van der Waals surface area contributed by atoms with Gasteiger partial charge in [-0.1, -0.05) is 76.3 Å². The van der Waals surface area contributed by atoms with Crippen LogP contribution in [-0.4, -0.2) is 138 Å². The molecule has 1 aliphatic rings. The number of carbonyl (C=O) groups excluding carboxylic acids is 6. The van der Waals surface area contributed by atoms with E-state index >= 15 is 0 Å². The minimum absolute atomic E-state index is 0.00281. The lowest BCUT2D eigenvalue weighted by molar-refractivity contribution is -0.142. The third kappa shape index (κ3) is 22.8. The summed E-state index contributed by atoms with van der Waals surface area (Å²) < 4.78 is 0. The molecule has 24 nitrogen and oxygen atoms in total. The number of hydrogen-bond donors (Lipinski definition) is 13. The maximum Gasteiger partial charge on any atom is 0.326 e. The lowest BCUT2D eigenvalue weighted by Crippen LogP contribution is -2.59. The maximum atomic E-state index is 14.3. The standard InChI is InChI=1S/C45H78N16O8/c1-3-5-8-19-31(57-38(64)33(21-13-25-55-45(51)52)59-40(66)35-22-14-26-61(35)41(67)29(46)17-11-23-53-43(47)48)36(62)58-32(20-12-24-54-44(49)50)37(63)56-30(18-6-4-2)39(65)60-34(42(68)69)27-28-15-9-7-10-16-28/h7,9-10,15-16,29-35H,3-6,8,11-14,17-27,46H2,1-2H3,(H,56,63)(H,57,64)(H,58,62)(H,59,66)(H,60,65)(H,68,69)(H4,47,48,53)(H4,49,50,54)(H4,51,52,55)/t29-,30-,31-,32-,33-,34-,35-/m1/s1. The number of benzene rings is 1. The number of rotatable bonds is 33. The second-order valence-corrected chi connectivity index (χ2v) is 17.1. The molecule has 1 fully saturated rings. The Balaban J connectivity index is 2.38. The fraction of sp³-hybridized carbons (Fsp3) is 0.644. The topological polar surface area (TPSA) is 422 Å². The molecule has 1 heterocycles. The van der Waals surface area contributed by atoms with Crippen molar-refractivity contribution < 1.29 is 38.7 Å². The minimum atomic E-state index is -1.29. The summed E-state index contributed by atoms with van der Waals surface area (Å²) in [6.07, 6.45) is 5.60. The number of aliphatic imine (C=N–C) groups is 3. The molecule has 0 aliphatic carbocycles. The van der Waals surface area contributed by atoms with Crippen LogP contribution in [0.15, 0.2) is 45.3 Å². The second-order valence-electron chi connectivity index (χ2n) is 17.1. The van der Waals surface area contributed by atoms with Gasteiger partial charge >= 0.3 is 5.97 Å². The Bertz CT molecular complexity index is 1890. The molecule has 0 saturated carbocycles. The number of nitrogens with zero attached hydrogens (tertiary/aromatic N) is 4. The number of carbonyl (C=O) groups is 7. The van der Waals surface area contributed by atoms with Crippen LogP contribution < -0.4 is 66.7 Å². The van der Waals surface area contributed by atoms with Crippen LogP contribution in [0.2, 0.25) is 0 Å². The first-order valence-electron chi connectivity index (χ1n) is 23.9. The van der Waals surface area contributed by atoms with Gasteiger partial charge in [-0.25, -0.2) is 4.79 Å². The van der Waals surface area contributed by atoms with Crippen molar-refractivity contribution in [2.24, 2.45) is 55.1 Å².